The van der Waals surface area contributed by atoms with Gasteiger partial charge in [0.25, 0.3) is 0 Å². The lowest BCUT2D eigenvalue weighted by molar-refractivity contribution is 0.626. The molecule has 0 radical (unpaired) electrons. The molecular formula is C11H8ClFN2. The lowest BCUT2D eigenvalue weighted by Gasteiger charge is -2.00. The van der Waals surface area contributed by atoms with Gasteiger partial charge in [0.15, 0.2) is 0 Å². The molecule has 2 aromatic rings. The van der Waals surface area contributed by atoms with Crippen molar-refractivity contribution in [3.63, 3.8) is 0 Å². The Bertz CT molecular complexity index is 456. The van der Waals surface area contributed by atoms with Gasteiger partial charge < -0.3 is 0 Å². The minimum absolute atomic E-state index is 0.220. The lowest BCUT2D eigenvalue weighted by atomic mass is 10.1. The second kappa shape index (κ2) is 4.36. The number of benzene rings is 1. The summed E-state index contributed by atoms with van der Waals surface area (Å²) in [6.45, 7) is 0. The Morgan fingerprint density at radius 1 is 1.13 bits per heavy atom. The Labute approximate surface area is 91.8 Å². The first-order valence-corrected chi connectivity index (χ1v) is 4.83. The SMILES string of the molecule is Fc1cccc(Cc2cnc(Cl)nc2)c1. The van der Waals surface area contributed by atoms with E-state index in [1.807, 2.05) is 6.07 Å². The molecule has 0 N–H and O–H groups in total. The fourth-order valence-corrected chi connectivity index (χ4v) is 1.41. The third kappa shape index (κ3) is 2.73. The van der Waals surface area contributed by atoms with E-state index >= 15 is 0 Å². The average Bonchev–Trinajstić information content (AvgIpc) is 2.22. The van der Waals surface area contributed by atoms with Crippen LogP contribution in [0.25, 0.3) is 0 Å². The first-order valence-electron chi connectivity index (χ1n) is 4.45. The van der Waals surface area contributed by atoms with E-state index in [4.69, 9.17) is 11.6 Å². The molecule has 0 unspecified atom stereocenters. The van der Waals surface area contributed by atoms with E-state index in [-0.39, 0.29) is 11.1 Å². The van der Waals surface area contributed by atoms with Crippen LogP contribution in [0.4, 0.5) is 4.39 Å². The van der Waals surface area contributed by atoms with Crippen LogP contribution in [0.5, 0.6) is 0 Å². The molecule has 0 atom stereocenters. The van der Waals surface area contributed by atoms with Crippen molar-refractivity contribution in [2.24, 2.45) is 0 Å². The Balaban J connectivity index is 2.18. The maximum absolute atomic E-state index is 12.9. The zero-order valence-corrected chi connectivity index (χ0v) is 8.58. The summed E-state index contributed by atoms with van der Waals surface area (Å²) in [6.07, 6.45) is 3.88. The molecular weight excluding hydrogens is 215 g/mol. The molecule has 0 saturated carbocycles. The third-order valence-electron chi connectivity index (χ3n) is 1.97. The van der Waals surface area contributed by atoms with Crippen molar-refractivity contribution in [1.82, 2.24) is 9.97 Å². The van der Waals surface area contributed by atoms with Crippen LogP contribution in [0.3, 0.4) is 0 Å². The van der Waals surface area contributed by atoms with Crippen LogP contribution in [0.15, 0.2) is 36.7 Å². The highest BCUT2D eigenvalue weighted by Crippen LogP contribution is 2.10. The van der Waals surface area contributed by atoms with E-state index < -0.39 is 0 Å². The Morgan fingerprint density at radius 2 is 1.87 bits per heavy atom. The first kappa shape index (κ1) is 10.1. The number of hydrogen-bond donors (Lipinski definition) is 0. The molecule has 1 heterocycles. The van der Waals surface area contributed by atoms with Gasteiger partial charge in [-0.2, -0.15) is 0 Å². The van der Waals surface area contributed by atoms with Crippen molar-refractivity contribution in [3.8, 4) is 0 Å². The molecule has 0 aliphatic rings. The first-order chi connectivity index (χ1) is 7.24. The molecule has 2 nitrogen and oxygen atoms in total. The number of aromatic nitrogens is 2. The van der Waals surface area contributed by atoms with Crippen LogP contribution >= 0.6 is 11.6 Å². The maximum atomic E-state index is 12.9. The zero-order valence-electron chi connectivity index (χ0n) is 7.82. The lowest BCUT2D eigenvalue weighted by Crippen LogP contribution is -1.92. The summed E-state index contributed by atoms with van der Waals surface area (Å²) in [5, 5.41) is 0.220. The average molecular weight is 223 g/mol. The molecule has 4 heteroatoms. The monoisotopic (exact) mass is 222 g/mol. The van der Waals surface area contributed by atoms with Crippen molar-refractivity contribution in [3.05, 3.63) is 58.9 Å². The standard InChI is InChI=1S/C11H8ClFN2/c12-11-14-6-9(7-15-11)4-8-2-1-3-10(13)5-8/h1-3,5-7H,4H2. The Morgan fingerprint density at radius 3 is 2.53 bits per heavy atom. The van der Waals surface area contributed by atoms with Gasteiger partial charge in [-0.05, 0) is 34.9 Å². The predicted molar refractivity (Wildman–Crippen MR) is 56.2 cm³/mol. The topological polar surface area (TPSA) is 25.8 Å². The highest BCUT2D eigenvalue weighted by atomic mass is 35.5. The molecule has 1 aromatic heterocycles. The fraction of sp³-hybridized carbons (Fsp3) is 0.0909. The molecule has 0 saturated heterocycles. The van der Waals surface area contributed by atoms with Crippen LogP contribution in [0, 0.1) is 5.82 Å². The summed E-state index contributed by atoms with van der Waals surface area (Å²) in [4.78, 5) is 7.72. The molecule has 1 aromatic carbocycles. The summed E-state index contributed by atoms with van der Waals surface area (Å²) in [7, 11) is 0. The second-order valence-corrected chi connectivity index (χ2v) is 3.51. The molecule has 15 heavy (non-hydrogen) atoms. The van der Waals surface area contributed by atoms with Gasteiger partial charge in [0.1, 0.15) is 5.82 Å². The summed E-state index contributed by atoms with van der Waals surface area (Å²) >= 11 is 5.56. The van der Waals surface area contributed by atoms with E-state index in [1.165, 1.54) is 12.1 Å². The summed E-state index contributed by atoms with van der Waals surface area (Å²) in [5.74, 6) is -0.234. The van der Waals surface area contributed by atoms with Gasteiger partial charge >= 0.3 is 0 Å². The van der Waals surface area contributed by atoms with Gasteiger partial charge in [0, 0.05) is 18.8 Å². The molecule has 76 valence electrons. The van der Waals surface area contributed by atoms with Gasteiger partial charge in [0.2, 0.25) is 5.28 Å². The smallest absolute Gasteiger partial charge is 0.222 e. The van der Waals surface area contributed by atoms with Crippen LogP contribution < -0.4 is 0 Å². The predicted octanol–water partition coefficient (Wildman–Crippen LogP) is 2.86. The normalized spacial score (nSPS) is 10.3. The maximum Gasteiger partial charge on any atom is 0.222 e. The Kier molecular flexibility index (Phi) is 2.92. The minimum atomic E-state index is -0.234. The van der Waals surface area contributed by atoms with Crippen LogP contribution in [-0.4, -0.2) is 9.97 Å². The summed E-state index contributed by atoms with van der Waals surface area (Å²) < 4.78 is 12.9. The van der Waals surface area contributed by atoms with Gasteiger partial charge in [-0.15, -0.1) is 0 Å². The fourth-order valence-electron chi connectivity index (χ4n) is 1.31. The van der Waals surface area contributed by atoms with Gasteiger partial charge in [-0.25, -0.2) is 14.4 Å². The van der Waals surface area contributed by atoms with E-state index in [0.717, 1.165) is 11.1 Å². The molecule has 0 aliphatic heterocycles. The molecule has 0 aliphatic carbocycles. The summed E-state index contributed by atoms with van der Waals surface area (Å²) in [6, 6.07) is 6.45. The second-order valence-electron chi connectivity index (χ2n) is 3.17. The van der Waals surface area contributed by atoms with E-state index in [2.05, 4.69) is 9.97 Å². The van der Waals surface area contributed by atoms with Crippen molar-refractivity contribution in [2.45, 2.75) is 6.42 Å². The van der Waals surface area contributed by atoms with Crippen LogP contribution in [0.1, 0.15) is 11.1 Å². The van der Waals surface area contributed by atoms with Crippen molar-refractivity contribution in [2.75, 3.05) is 0 Å². The molecule has 0 bridgehead atoms. The molecule has 0 spiro atoms. The van der Waals surface area contributed by atoms with Crippen LogP contribution in [-0.2, 0) is 6.42 Å². The minimum Gasteiger partial charge on any atom is -0.226 e. The van der Waals surface area contributed by atoms with Crippen molar-refractivity contribution in [1.29, 1.82) is 0 Å². The molecule has 0 amide bonds. The molecule has 2 rings (SSSR count). The zero-order chi connectivity index (χ0) is 10.7. The van der Waals surface area contributed by atoms with Gasteiger partial charge in [-0.3, -0.25) is 0 Å². The summed E-state index contributed by atoms with van der Waals surface area (Å²) in [5.41, 5.74) is 1.80. The van der Waals surface area contributed by atoms with E-state index in [9.17, 15) is 4.39 Å². The highest BCUT2D eigenvalue weighted by Gasteiger charge is 1.99. The van der Waals surface area contributed by atoms with Gasteiger partial charge in [-0.1, -0.05) is 12.1 Å². The third-order valence-corrected chi connectivity index (χ3v) is 2.17. The number of nitrogens with zero attached hydrogens (tertiary/aromatic N) is 2. The highest BCUT2D eigenvalue weighted by molar-refractivity contribution is 6.28. The van der Waals surface area contributed by atoms with E-state index in [1.54, 1.807) is 18.5 Å². The van der Waals surface area contributed by atoms with E-state index in [0.29, 0.717) is 6.42 Å². The van der Waals surface area contributed by atoms with Crippen LogP contribution in [0.2, 0.25) is 5.28 Å². The number of hydrogen-bond acceptors (Lipinski definition) is 2. The van der Waals surface area contributed by atoms with Crippen molar-refractivity contribution < 1.29 is 4.39 Å². The Hall–Kier alpha value is -1.48. The quantitative estimate of drug-likeness (QED) is 0.731. The largest absolute Gasteiger partial charge is 0.226 e. The molecule has 0 fully saturated rings. The number of halogens is 2. The van der Waals surface area contributed by atoms with Crippen molar-refractivity contribution >= 4 is 11.6 Å². The van der Waals surface area contributed by atoms with Gasteiger partial charge in [0.05, 0.1) is 0 Å². The number of rotatable bonds is 2.